The number of benzene rings is 2. The number of aryl methyl sites for hydroxylation is 1. The van der Waals surface area contributed by atoms with Gasteiger partial charge in [-0.25, -0.2) is 0 Å². The van der Waals surface area contributed by atoms with Crippen molar-refractivity contribution in [2.24, 2.45) is 5.41 Å². The summed E-state index contributed by atoms with van der Waals surface area (Å²) in [5, 5.41) is 0. The Kier molecular flexibility index (Phi) is 9.68. The zero-order chi connectivity index (χ0) is 22.9. The molecule has 0 amide bonds. The van der Waals surface area contributed by atoms with E-state index in [-0.39, 0.29) is 18.7 Å². The van der Waals surface area contributed by atoms with Gasteiger partial charge in [-0.2, -0.15) is 0 Å². The summed E-state index contributed by atoms with van der Waals surface area (Å²) >= 11 is 0.0803. The Balaban J connectivity index is 0.000000233. The van der Waals surface area contributed by atoms with Crippen LogP contribution >= 0.6 is 0 Å². The third-order valence-corrected chi connectivity index (χ3v) is 6.61. The van der Waals surface area contributed by atoms with Crippen molar-refractivity contribution in [2.45, 2.75) is 48.0 Å². The normalized spacial score (nSPS) is 13.3. The maximum atomic E-state index is 5.66. The van der Waals surface area contributed by atoms with E-state index in [0.29, 0.717) is 5.41 Å². The zero-order valence-corrected chi connectivity index (χ0v) is 21.4. The molecule has 0 heterocycles. The van der Waals surface area contributed by atoms with E-state index in [2.05, 4.69) is 53.3 Å². The van der Waals surface area contributed by atoms with Gasteiger partial charge in [0, 0.05) is 5.57 Å². The van der Waals surface area contributed by atoms with E-state index >= 15 is 0 Å². The fourth-order valence-electron chi connectivity index (χ4n) is 3.14. The quantitative estimate of drug-likeness (QED) is 0.255. The van der Waals surface area contributed by atoms with Gasteiger partial charge in [0.2, 0.25) is 0 Å². The van der Waals surface area contributed by atoms with Crippen LogP contribution in [0.3, 0.4) is 0 Å². The Morgan fingerprint density at radius 3 is 2.29 bits per heavy atom. The molecule has 0 fully saturated rings. The van der Waals surface area contributed by atoms with Crippen LogP contribution < -0.4 is 4.74 Å². The summed E-state index contributed by atoms with van der Waals surface area (Å²) in [6.07, 6.45) is 9.59. The molecular formula is C29H35OTi. The minimum absolute atomic E-state index is 0.0803. The average molecular weight is 447 g/mol. The summed E-state index contributed by atoms with van der Waals surface area (Å²) in [5.41, 5.74) is 5.13. The summed E-state index contributed by atoms with van der Waals surface area (Å²) in [5.74, 6) is 0.838. The standard InChI is InChI=1S/C17H16O.C9H13.C3H6.Ti/c1-3-15(16-9-5-4-6-10-16)13-18-17-11-7-8-14(2)12-17;1-9(2,3)8-6-4-5-7-8;1-3-2;/h3-13H,1H2,2H3;6-7H,4H2,1-3H3;1-2H3;. The molecule has 0 saturated carbocycles. The minimum atomic E-state index is 0.0803. The Morgan fingerprint density at radius 2 is 1.74 bits per heavy atom. The van der Waals surface area contributed by atoms with E-state index in [1.807, 2.05) is 61.5 Å². The van der Waals surface area contributed by atoms with Crippen LogP contribution in [0.15, 0.2) is 95.1 Å². The van der Waals surface area contributed by atoms with Crippen LogP contribution in [0.2, 0.25) is 0 Å². The second kappa shape index (κ2) is 12.0. The first-order valence-corrected chi connectivity index (χ1v) is 12.3. The summed E-state index contributed by atoms with van der Waals surface area (Å²) in [6, 6.07) is 18.0. The Bertz CT molecular complexity index is 995. The Labute approximate surface area is 197 Å². The molecule has 2 aromatic carbocycles. The van der Waals surface area contributed by atoms with Crippen LogP contribution in [0, 0.1) is 12.3 Å². The van der Waals surface area contributed by atoms with Crippen molar-refractivity contribution in [2.75, 3.05) is 0 Å². The first-order valence-electron chi connectivity index (χ1n) is 10.8. The number of rotatable bonds is 5. The molecule has 3 rings (SSSR count). The van der Waals surface area contributed by atoms with E-state index in [0.717, 1.165) is 16.9 Å². The van der Waals surface area contributed by atoms with Crippen molar-refractivity contribution in [3.63, 3.8) is 0 Å². The molecule has 0 spiro atoms. The third-order valence-electron chi connectivity index (χ3n) is 4.79. The number of hydrogen-bond donors (Lipinski definition) is 0. The Hall–Kier alpha value is -2.22. The average Bonchev–Trinajstić information content (AvgIpc) is 3.18. The van der Waals surface area contributed by atoms with Crippen molar-refractivity contribution in [1.82, 2.24) is 0 Å². The summed E-state index contributed by atoms with van der Waals surface area (Å²) in [6.45, 7) is 17.3. The van der Waals surface area contributed by atoms with Gasteiger partial charge >= 0.3 is 90.6 Å². The van der Waals surface area contributed by atoms with E-state index in [9.17, 15) is 0 Å². The number of allylic oxidation sites excluding steroid dienone is 6. The molecule has 0 unspecified atom stereocenters. The SMILES string of the molecule is C=CC(=COc1cccc(C)c1)c1ccccc1.C[C](C)=[Ti][C]1=CC(C(C)(C)C)=CC1. The molecule has 1 aliphatic carbocycles. The van der Waals surface area contributed by atoms with E-state index < -0.39 is 0 Å². The van der Waals surface area contributed by atoms with Crippen molar-refractivity contribution >= 4 is 9.38 Å². The van der Waals surface area contributed by atoms with Crippen LogP contribution in [-0.2, 0) is 18.7 Å². The molecule has 1 nitrogen and oxygen atoms in total. The topological polar surface area (TPSA) is 9.23 Å². The van der Waals surface area contributed by atoms with Crippen LogP contribution in [-0.4, -0.2) is 3.81 Å². The molecule has 1 aliphatic rings. The summed E-state index contributed by atoms with van der Waals surface area (Å²) in [7, 11) is 0. The predicted octanol–water partition coefficient (Wildman–Crippen LogP) is 8.14. The van der Waals surface area contributed by atoms with Gasteiger partial charge in [-0.15, -0.1) is 0 Å². The molecule has 161 valence electrons. The van der Waals surface area contributed by atoms with E-state index in [1.54, 1.807) is 20.0 Å². The second-order valence-corrected chi connectivity index (χ2v) is 11.9. The van der Waals surface area contributed by atoms with Gasteiger partial charge < -0.3 is 4.74 Å². The summed E-state index contributed by atoms with van der Waals surface area (Å²) in [4.78, 5) is 0. The van der Waals surface area contributed by atoms with Gasteiger partial charge in [0.15, 0.2) is 0 Å². The fourth-order valence-corrected chi connectivity index (χ4v) is 4.82. The molecule has 0 atom stereocenters. The van der Waals surface area contributed by atoms with Crippen molar-refractivity contribution in [1.29, 1.82) is 0 Å². The molecule has 0 aliphatic heterocycles. The van der Waals surface area contributed by atoms with Gasteiger partial charge in [0.05, 0.1) is 6.26 Å². The molecule has 0 saturated heterocycles. The van der Waals surface area contributed by atoms with Crippen molar-refractivity contribution in [3.05, 3.63) is 106 Å². The molecule has 0 N–H and O–H groups in total. The fraction of sp³-hybridized carbons (Fsp3) is 0.276. The van der Waals surface area contributed by atoms with Crippen LogP contribution in [0.25, 0.3) is 5.57 Å². The van der Waals surface area contributed by atoms with Gasteiger partial charge in [-0.3, -0.25) is 0 Å². The molecule has 31 heavy (non-hydrogen) atoms. The predicted molar refractivity (Wildman–Crippen MR) is 133 cm³/mol. The first-order chi connectivity index (χ1) is 14.7. The Morgan fingerprint density at radius 1 is 1.03 bits per heavy atom. The molecule has 2 aromatic rings. The van der Waals surface area contributed by atoms with Gasteiger partial charge in [-0.05, 0) is 30.2 Å². The summed E-state index contributed by atoms with van der Waals surface area (Å²) < 4.78 is 8.99. The molecule has 0 bridgehead atoms. The van der Waals surface area contributed by atoms with Gasteiger partial charge in [0.25, 0.3) is 0 Å². The third kappa shape index (κ3) is 8.81. The van der Waals surface area contributed by atoms with Crippen LogP contribution in [0.5, 0.6) is 5.75 Å². The molecule has 0 aromatic heterocycles. The molecular weight excluding hydrogens is 412 g/mol. The van der Waals surface area contributed by atoms with Gasteiger partial charge in [0.1, 0.15) is 5.75 Å². The van der Waals surface area contributed by atoms with E-state index in [1.165, 1.54) is 17.6 Å². The molecule has 0 radical (unpaired) electrons. The second-order valence-electron chi connectivity index (χ2n) is 8.99. The first kappa shape index (κ1) is 25.0. The monoisotopic (exact) mass is 447 g/mol. The zero-order valence-electron chi connectivity index (χ0n) is 19.8. The van der Waals surface area contributed by atoms with Crippen LogP contribution in [0.4, 0.5) is 0 Å². The maximum absolute atomic E-state index is 5.66. The molecule has 2 heteroatoms. The van der Waals surface area contributed by atoms with Crippen molar-refractivity contribution in [3.8, 4) is 5.75 Å². The van der Waals surface area contributed by atoms with E-state index in [4.69, 9.17) is 4.74 Å². The van der Waals surface area contributed by atoms with Crippen molar-refractivity contribution < 1.29 is 23.4 Å². The van der Waals surface area contributed by atoms with Crippen LogP contribution in [0.1, 0.15) is 52.2 Å². The number of ether oxygens (including phenoxy) is 1. The number of hydrogen-bond acceptors (Lipinski definition) is 1. The van der Waals surface area contributed by atoms with Gasteiger partial charge in [-0.1, -0.05) is 55.1 Å².